The van der Waals surface area contributed by atoms with Gasteiger partial charge in [0.2, 0.25) is 5.91 Å². The fourth-order valence-corrected chi connectivity index (χ4v) is 3.37. The third-order valence-electron chi connectivity index (χ3n) is 4.39. The summed E-state index contributed by atoms with van der Waals surface area (Å²) in [6.45, 7) is 6.83. The highest BCUT2D eigenvalue weighted by atomic mass is 16.3. The van der Waals surface area contributed by atoms with Gasteiger partial charge in [-0.1, -0.05) is 0 Å². The summed E-state index contributed by atoms with van der Waals surface area (Å²) in [5.41, 5.74) is -0.204. The lowest BCUT2D eigenvalue weighted by atomic mass is 9.86. The minimum Gasteiger partial charge on any atom is -0.393 e. The van der Waals surface area contributed by atoms with Gasteiger partial charge in [-0.15, -0.1) is 0 Å². The molecule has 2 unspecified atom stereocenters. The average molecular weight is 254 g/mol. The number of nitrogens with zero attached hydrogens (tertiary/aromatic N) is 2. The third-order valence-corrected chi connectivity index (χ3v) is 4.39. The summed E-state index contributed by atoms with van der Waals surface area (Å²) in [6, 6.07) is 0. The molecule has 0 aromatic heterocycles. The summed E-state index contributed by atoms with van der Waals surface area (Å²) in [5.74, 6) is 0.441. The fraction of sp³-hybridized carbons (Fsp3) is 0.929. The van der Waals surface area contributed by atoms with Crippen molar-refractivity contribution in [1.82, 2.24) is 9.80 Å². The van der Waals surface area contributed by atoms with Crippen LogP contribution < -0.4 is 0 Å². The van der Waals surface area contributed by atoms with Crippen molar-refractivity contribution in [2.45, 2.75) is 51.2 Å². The summed E-state index contributed by atoms with van der Waals surface area (Å²) >= 11 is 0. The van der Waals surface area contributed by atoms with Gasteiger partial charge in [-0.25, -0.2) is 0 Å². The summed E-state index contributed by atoms with van der Waals surface area (Å²) in [4.78, 5) is 16.9. The number of rotatable bonds is 1. The molecule has 4 nitrogen and oxygen atoms in total. The maximum absolute atomic E-state index is 12.6. The van der Waals surface area contributed by atoms with E-state index in [1.54, 1.807) is 0 Å². The van der Waals surface area contributed by atoms with Crippen LogP contribution in [-0.4, -0.2) is 59.1 Å². The van der Waals surface area contributed by atoms with E-state index in [2.05, 4.69) is 25.8 Å². The summed E-state index contributed by atoms with van der Waals surface area (Å²) in [7, 11) is 2.09. The number of aliphatic hydroxyl groups is 1. The number of amides is 1. The molecule has 0 saturated carbocycles. The van der Waals surface area contributed by atoms with Gasteiger partial charge in [0, 0.05) is 18.6 Å². The molecule has 18 heavy (non-hydrogen) atoms. The Hall–Kier alpha value is -0.610. The lowest BCUT2D eigenvalue weighted by Crippen LogP contribution is -2.57. The highest BCUT2D eigenvalue weighted by Crippen LogP contribution is 2.30. The van der Waals surface area contributed by atoms with E-state index in [0.717, 1.165) is 32.4 Å². The van der Waals surface area contributed by atoms with E-state index in [1.807, 2.05) is 4.90 Å². The Bertz CT molecular complexity index is 317. The van der Waals surface area contributed by atoms with E-state index in [0.29, 0.717) is 18.9 Å². The van der Waals surface area contributed by atoms with Gasteiger partial charge in [0.15, 0.2) is 0 Å². The van der Waals surface area contributed by atoms with Crippen molar-refractivity contribution < 1.29 is 9.90 Å². The van der Waals surface area contributed by atoms with Crippen LogP contribution in [0.3, 0.4) is 0 Å². The van der Waals surface area contributed by atoms with Crippen LogP contribution in [0.25, 0.3) is 0 Å². The Morgan fingerprint density at radius 3 is 2.61 bits per heavy atom. The van der Waals surface area contributed by atoms with Crippen LogP contribution in [0.5, 0.6) is 0 Å². The molecule has 2 aliphatic heterocycles. The lowest BCUT2D eigenvalue weighted by molar-refractivity contribution is -0.147. The van der Waals surface area contributed by atoms with Crippen LogP contribution in [0.15, 0.2) is 0 Å². The molecule has 2 heterocycles. The normalized spacial score (nSPS) is 33.4. The van der Waals surface area contributed by atoms with Crippen molar-refractivity contribution in [3.05, 3.63) is 0 Å². The van der Waals surface area contributed by atoms with Crippen molar-refractivity contribution in [3.63, 3.8) is 0 Å². The molecule has 0 bridgehead atoms. The number of carbonyl (C=O) groups excluding carboxylic acids is 1. The SMILES string of the molecule is CN1CCCC(C(=O)N2CCC(O)CC2(C)C)C1. The molecular formula is C14H26N2O2. The predicted octanol–water partition coefficient (Wildman–Crippen LogP) is 1.09. The number of carbonyl (C=O) groups is 1. The standard InChI is InChI=1S/C14H26N2O2/c1-14(2)9-12(17)6-8-16(14)13(18)11-5-4-7-15(3)10-11/h11-12,17H,4-10H2,1-3H3. The van der Waals surface area contributed by atoms with Gasteiger partial charge in [0.1, 0.15) is 0 Å². The summed E-state index contributed by atoms with van der Waals surface area (Å²) < 4.78 is 0. The van der Waals surface area contributed by atoms with Crippen LogP contribution in [0, 0.1) is 5.92 Å². The van der Waals surface area contributed by atoms with Gasteiger partial charge in [-0.3, -0.25) is 4.79 Å². The van der Waals surface area contributed by atoms with E-state index in [9.17, 15) is 9.90 Å². The van der Waals surface area contributed by atoms with E-state index in [4.69, 9.17) is 0 Å². The highest BCUT2D eigenvalue weighted by Gasteiger charge is 2.39. The van der Waals surface area contributed by atoms with Crippen LogP contribution in [0.1, 0.15) is 39.5 Å². The molecule has 1 amide bonds. The first-order valence-electron chi connectivity index (χ1n) is 7.08. The van der Waals surface area contributed by atoms with Crippen molar-refractivity contribution in [2.24, 2.45) is 5.92 Å². The first kappa shape index (κ1) is 13.8. The zero-order chi connectivity index (χ0) is 13.3. The van der Waals surface area contributed by atoms with Gasteiger partial charge < -0.3 is 14.9 Å². The molecule has 2 rings (SSSR count). The van der Waals surface area contributed by atoms with Gasteiger partial charge in [-0.05, 0) is 53.1 Å². The Morgan fingerprint density at radius 2 is 2.00 bits per heavy atom. The first-order chi connectivity index (χ1) is 8.40. The molecule has 0 aromatic carbocycles. The molecule has 2 atom stereocenters. The second-order valence-corrected chi connectivity index (χ2v) is 6.55. The van der Waals surface area contributed by atoms with E-state index < -0.39 is 0 Å². The number of aliphatic hydroxyl groups excluding tert-OH is 1. The number of hydrogen-bond acceptors (Lipinski definition) is 3. The van der Waals surface area contributed by atoms with Crippen LogP contribution in [0.2, 0.25) is 0 Å². The van der Waals surface area contributed by atoms with Crippen LogP contribution >= 0.6 is 0 Å². The molecule has 2 saturated heterocycles. The Labute approximate surface area is 110 Å². The Balaban J connectivity index is 2.03. The van der Waals surface area contributed by atoms with Crippen molar-refractivity contribution >= 4 is 5.91 Å². The molecule has 0 spiro atoms. The zero-order valence-corrected chi connectivity index (χ0v) is 11.9. The van der Waals surface area contributed by atoms with Gasteiger partial charge in [-0.2, -0.15) is 0 Å². The lowest BCUT2D eigenvalue weighted by Gasteiger charge is -2.46. The maximum Gasteiger partial charge on any atom is 0.227 e. The molecule has 0 aliphatic carbocycles. The monoisotopic (exact) mass is 254 g/mol. The molecular weight excluding hydrogens is 228 g/mol. The van der Waals surface area contributed by atoms with Crippen molar-refractivity contribution in [2.75, 3.05) is 26.7 Å². The minimum absolute atomic E-state index is 0.151. The maximum atomic E-state index is 12.6. The molecule has 4 heteroatoms. The number of likely N-dealkylation sites (tertiary alicyclic amines) is 2. The van der Waals surface area contributed by atoms with Crippen molar-refractivity contribution in [1.29, 1.82) is 0 Å². The average Bonchev–Trinajstić information content (AvgIpc) is 2.27. The predicted molar refractivity (Wildman–Crippen MR) is 71.3 cm³/mol. The third kappa shape index (κ3) is 2.86. The molecule has 2 aliphatic rings. The van der Waals surface area contributed by atoms with E-state index in [1.165, 1.54) is 0 Å². The summed E-state index contributed by atoms with van der Waals surface area (Å²) in [5, 5.41) is 9.75. The van der Waals surface area contributed by atoms with E-state index >= 15 is 0 Å². The Morgan fingerprint density at radius 1 is 1.28 bits per heavy atom. The topological polar surface area (TPSA) is 43.8 Å². The minimum atomic E-state index is -0.252. The van der Waals surface area contributed by atoms with Crippen molar-refractivity contribution in [3.8, 4) is 0 Å². The molecule has 2 fully saturated rings. The first-order valence-corrected chi connectivity index (χ1v) is 7.08. The van der Waals surface area contributed by atoms with Gasteiger partial charge >= 0.3 is 0 Å². The largest absolute Gasteiger partial charge is 0.393 e. The quantitative estimate of drug-likeness (QED) is 0.762. The van der Waals surface area contributed by atoms with Gasteiger partial charge in [0.25, 0.3) is 0 Å². The van der Waals surface area contributed by atoms with Crippen LogP contribution in [0.4, 0.5) is 0 Å². The smallest absolute Gasteiger partial charge is 0.227 e. The zero-order valence-electron chi connectivity index (χ0n) is 11.9. The summed E-state index contributed by atoms with van der Waals surface area (Å²) in [6.07, 6.45) is 3.29. The number of piperidine rings is 2. The van der Waals surface area contributed by atoms with E-state index in [-0.39, 0.29) is 17.6 Å². The second kappa shape index (κ2) is 5.17. The number of hydrogen-bond donors (Lipinski definition) is 1. The fourth-order valence-electron chi connectivity index (χ4n) is 3.37. The molecule has 0 radical (unpaired) electrons. The molecule has 0 aromatic rings. The molecule has 1 N–H and O–H groups in total. The highest BCUT2D eigenvalue weighted by molar-refractivity contribution is 5.80. The molecule has 104 valence electrons. The Kier molecular flexibility index (Phi) is 3.97. The second-order valence-electron chi connectivity index (χ2n) is 6.55. The van der Waals surface area contributed by atoms with Crippen LogP contribution in [-0.2, 0) is 4.79 Å². The van der Waals surface area contributed by atoms with Gasteiger partial charge in [0.05, 0.1) is 12.0 Å².